The summed E-state index contributed by atoms with van der Waals surface area (Å²) in [7, 11) is -1.56. The van der Waals surface area contributed by atoms with Crippen LogP contribution in [0, 0.1) is 0 Å². The first-order chi connectivity index (χ1) is 3.31. The molecule has 0 radical (unpaired) electrons. The molecule has 0 amide bonds. The van der Waals surface area contributed by atoms with Crippen LogP contribution in [0.5, 0.6) is 0 Å². The van der Waals surface area contributed by atoms with Crippen LogP contribution in [0.1, 0.15) is 6.92 Å². The highest BCUT2D eigenvalue weighted by atomic mass is 35.5. The molecule has 0 aliphatic carbocycles. The Labute approximate surface area is 48.7 Å². The fourth-order valence-corrected chi connectivity index (χ4v) is 0.743. The lowest BCUT2D eigenvalue weighted by molar-refractivity contribution is 0.353. The lowest BCUT2D eigenvalue weighted by Crippen LogP contribution is -1.75. The van der Waals surface area contributed by atoms with Gasteiger partial charge in [-0.25, -0.2) is 0 Å². The highest BCUT2D eigenvalue weighted by Gasteiger charge is 2.11. The fraction of sp³-hybridized carbons (Fsp3) is 1.00. The van der Waals surface area contributed by atoms with Crippen LogP contribution in [-0.2, 0) is 9.09 Å². The molecule has 0 spiro atoms. The van der Waals surface area contributed by atoms with Crippen LogP contribution in [0.25, 0.3) is 0 Å². The highest BCUT2D eigenvalue weighted by Crippen LogP contribution is 2.21. The standard InChI is InChI=1S/C3H7ClO2P/c1-2-6-7(5)3-4/h2-3H2,1H3/q+1. The number of hydrogen-bond acceptors (Lipinski definition) is 2. The third-order valence-corrected chi connectivity index (χ3v) is 1.70. The molecule has 0 aliphatic heterocycles. The summed E-state index contributed by atoms with van der Waals surface area (Å²) in [5, 5.41) is 0. The van der Waals surface area contributed by atoms with Crippen molar-refractivity contribution >= 4 is 19.6 Å². The van der Waals surface area contributed by atoms with Gasteiger partial charge in [0.25, 0.3) is 5.62 Å². The van der Waals surface area contributed by atoms with Crippen molar-refractivity contribution < 1.29 is 9.09 Å². The maximum absolute atomic E-state index is 10.2. The summed E-state index contributed by atoms with van der Waals surface area (Å²) in [4.78, 5) is 0. The molecule has 0 aromatic carbocycles. The van der Waals surface area contributed by atoms with Crippen LogP contribution >= 0.6 is 19.6 Å². The van der Waals surface area contributed by atoms with Gasteiger partial charge in [0.05, 0.1) is 6.61 Å². The van der Waals surface area contributed by atoms with Gasteiger partial charge < -0.3 is 0 Å². The van der Waals surface area contributed by atoms with Crippen molar-refractivity contribution in [3.05, 3.63) is 0 Å². The molecule has 0 saturated carbocycles. The van der Waals surface area contributed by atoms with Crippen LogP contribution in [0.2, 0.25) is 0 Å². The first-order valence-corrected chi connectivity index (χ1v) is 3.84. The Bertz CT molecular complexity index is 66.0. The third kappa shape index (κ3) is 4.20. The second kappa shape index (κ2) is 4.51. The molecule has 0 aromatic heterocycles. The summed E-state index contributed by atoms with van der Waals surface area (Å²) >= 11 is 5.12. The summed E-state index contributed by atoms with van der Waals surface area (Å²) in [5.41, 5.74) is 0.100. The minimum atomic E-state index is -1.56. The summed E-state index contributed by atoms with van der Waals surface area (Å²) in [5.74, 6) is 0. The van der Waals surface area contributed by atoms with E-state index in [4.69, 9.17) is 11.6 Å². The van der Waals surface area contributed by atoms with Crippen molar-refractivity contribution in [1.82, 2.24) is 0 Å². The average molecular weight is 142 g/mol. The van der Waals surface area contributed by atoms with Crippen LogP contribution in [-0.4, -0.2) is 12.2 Å². The summed E-state index contributed by atoms with van der Waals surface area (Å²) in [6.07, 6.45) is 0. The minimum absolute atomic E-state index is 0.100. The second-order valence-electron chi connectivity index (χ2n) is 0.870. The monoisotopic (exact) mass is 141 g/mol. The number of hydrogen-bond donors (Lipinski definition) is 0. The molecule has 0 N–H and O–H groups in total. The van der Waals surface area contributed by atoms with Crippen molar-refractivity contribution in [3.63, 3.8) is 0 Å². The van der Waals surface area contributed by atoms with E-state index in [1.807, 2.05) is 0 Å². The second-order valence-corrected chi connectivity index (χ2v) is 2.75. The van der Waals surface area contributed by atoms with Crippen molar-refractivity contribution in [2.45, 2.75) is 6.92 Å². The Kier molecular flexibility index (Phi) is 4.73. The zero-order valence-corrected chi connectivity index (χ0v) is 5.71. The summed E-state index contributed by atoms with van der Waals surface area (Å²) in [6.45, 7) is 2.25. The molecular weight excluding hydrogens is 134 g/mol. The van der Waals surface area contributed by atoms with E-state index in [1.54, 1.807) is 6.92 Å². The zero-order valence-electron chi connectivity index (χ0n) is 4.06. The van der Waals surface area contributed by atoms with Gasteiger partial charge in [-0.2, -0.15) is 0 Å². The van der Waals surface area contributed by atoms with E-state index >= 15 is 0 Å². The molecule has 7 heavy (non-hydrogen) atoms. The predicted molar refractivity (Wildman–Crippen MR) is 30.0 cm³/mol. The van der Waals surface area contributed by atoms with Crippen molar-refractivity contribution in [2.24, 2.45) is 0 Å². The van der Waals surface area contributed by atoms with Gasteiger partial charge >= 0.3 is 8.03 Å². The van der Waals surface area contributed by atoms with E-state index in [9.17, 15) is 4.57 Å². The maximum atomic E-state index is 10.2. The highest BCUT2D eigenvalue weighted by molar-refractivity contribution is 7.41. The number of halogens is 1. The number of alkyl halides is 1. The molecule has 0 bridgehead atoms. The van der Waals surface area contributed by atoms with E-state index in [1.165, 1.54) is 0 Å². The minimum Gasteiger partial charge on any atom is -0.146 e. The molecule has 1 atom stereocenters. The van der Waals surface area contributed by atoms with Gasteiger partial charge in [0.2, 0.25) is 0 Å². The molecule has 4 heteroatoms. The quantitative estimate of drug-likeness (QED) is 0.444. The molecule has 1 unspecified atom stereocenters. The average Bonchev–Trinajstić information content (AvgIpc) is 1.68. The molecular formula is C3H7ClO2P+. The van der Waals surface area contributed by atoms with E-state index in [-0.39, 0.29) is 5.62 Å². The molecule has 0 saturated heterocycles. The van der Waals surface area contributed by atoms with Crippen molar-refractivity contribution in [3.8, 4) is 0 Å². The normalized spacial score (nSPS) is 11.4. The van der Waals surface area contributed by atoms with Crippen molar-refractivity contribution in [2.75, 3.05) is 12.2 Å². The van der Waals surface area contributed by atoms with Gasteiger partial charge in [0.15, 0.2) is 0 Å². The zero-order chi connectivity index (χ0) is 5.70. The maximum Gasteiger partial charge on any atom is 0.524 e. The topological polar surface area (TPSA) is 26.3 Å². The first-order valence-electron chi connectivity index (χ1n) is 1.94. The Morgan fingerprint density at radius 2 is 2.43 bits per heavy atom. The predicted octanol–water partition coefficient (Wildman–Crippen LogP) is 1.96. The molecule has 0 aliphatic rings. The fourth-order valence-electron chi connectivity index (χ4n) is 0.178. The Balaban J connectivity index is 3.00. The number of rotatable bonds is 3. The van der Waals surface area contributed by atoms with Crippen LogP contribution in [0.15, 0.2) is 0 Å². The third-order valence-electron chi connectivity index (χ3n) is 0.371. The summed E-state index contributed by atoms with van der Waals surface area (Å²) < 4.78 is 14.8. The Hall–Kier alpha value is 0.350. The largest absolute Gasteiger partial charge is 0.524 e. The van der Waals surface area contributed by atoms with Gasteiger partial charge in [0, 0.05) is 0 Å². The summed E-state index contributed by atoms with van der Waals surface area (Å²) in [6, 6.07) is 0. The van der Waals surface area contributed by atoms with E-state index < -0.39 is 8.03 Å². The molecule has 0 aromatic rings. The van der Waals surface area contributed by atoms with E-state index in [2.05, 4.69) is 4.52 Å². The van der Waals surface area contributed by atoms with Crippen LogP contribution in [0.3, 0.4) is 0 Å². The molecule has 2 nitrogen and oxygen atoms in total. The SMILES string of the molecule is CCO[P+](=O)CCl. The molecule has 42 valence electrons. The van der Waals surface area contributed by atoms with E-state index in [0.29, 0.717) is 6.61 Å². The van der Waals surface area contributed by atoms with Gasteiger partial charge in [-0.1, -0.05) is 11.6 Å². The van der Waals surface area contributed by atoms with Crippen molar-refractivity contribution in [1.29, 1.82) is 0 Å². The molecule has 0 heterocycles. The first kappa shape index (κ1) is 7.35. The van der Waals surface area contributed by atoms with Crippen LogP contribution in [0.4, 0.5) is 0 Å². The Morgan fingerprint density at radius 3 is 2.57 bits per heavy atom. The Morgan fingerprint density at radius 1 is 1.86 bits per heavy atom. The van der Waals surface area contributed by atoms with E-state index in [0.717, 1.165) is 0 Å². The van der Waals surface area contributed by atoms with Crippen LogP contribution < -0.4 is 0 Å². The molecule has 0 rings (SSSR count). The lowest BCUT2D eigenvalue weighted by Gasteiger charge is -1.74. The smallest absolute Gasteiger partial charge is 0.146 e. The molecule has 0 fully saturated rings. The van der Waals surface area contributed by atoms with Gasteiger partial charge in [0.1, 0.15) is 0 Å². The van der Waals surface area contributed by atoms with Gasteiger partial charge in [-0.3, -0.25) is 0 Å². The van der Waals surface area contributed by atoms with Gasteiger partial charge in [-0.05, 0) is 11.5 Å². The van der Waals surface area contributed by atoms with Gasteiger partial charge in [-0.15, -0.1) is 4.52 Å². The lowest BCUT2D eigenvalue weighted by atomic mass is 10.9.